The molecule has 3 aromatic carbocycles. The Hall–Kier alpha value is -3.71. The van der Waals surface area contributed by atoms with Gasteiger partial charge in [-0.05, 0) is 59.7 Å². The van der Waals surface area contributed by atoms with E-state index in [2.05, 4.69) is 16.2 Å². The minimum absolute atomic E-state index is 0.0377. The van der Waals surface area contributed by atoms with Crippen LogP contribution in [0.3, 0.4) is 0 Å². The third-order valence-corrected chi connectivity index (χ3v) is 4.10. The highest BCUT2D eigenvalue weighted by Gasteiger charge is 2.10. The van der Waals surface area contributed by atoms with Crippen molar-refractivity contribution in [2.45, 2.75) is 0 Å². The molecular weight excluding hydrogens is 374 g/mol. The summed E-state index contributed by atoms with van der Waals surface area (Å²) in [5, 5.41) is 11.7. The van der Waals surface area contributed by atoms with E-state index in [0.29, 0.717) is 11.1 Å². The molecule has 0 unspecified atom stereocenters. The first kappa shape index (κ1) is 19.1. The van der Waals surface area contributed by atoms with E-state index in [1.807, 2.05) is 42.5 Å². The van der Waals surface area contributed by atoms with Gasteiger partial charge < -0.3 is 5.11 Å². The zero-order valence-corrected chi connectivity index (χ0v) is 15.5. The van der Waals surface area contributed by atoms with Crippen LogP contribution in [0, 0.1) is 0 Å². The summed E-state index contributed by atoms with van der Waals surface area (Å²) in [5.74, 6) is -0.787. The van der Waals surface area contributed by atoms with Crippen LogP contribution < -0.4 is 16.2 Å². The molecule has 6 nitrogen and oxygen atoms in total. The van der Waals surface area contributed by atoms with Crippen LogP contribution in [0.4, 0.5) is 0 Å². The first-order valence-electron chi connectivity index (χ1n) is 8.39. The van der Waals surface area contributed by atoms with Gasteiger partial charge in [0.15, 0.2) is 5.11 Å². The van der Waals surface area contributed by atoms with Gasteiger partial charge in [-0.1, -0.05) is 42.5 Å². The average molecular weight is 391 g/mol. The first-order chi connectivity index (χ1) is 13.5. The molecule has 0 heterocycles. The summed E-state index contributed by atoms with van der Waals surface area (Å²) in [6.07, 6.45) is 0. The third-order valence-electron chi connectivity index (χ3n) is 3.90. The number of amides is 2. The molecule has 3 aromatic rings. The van der Waals surface area contributed by atoms with Gasteiger partial charge in [-0.3, -0.25) is 25.8 Å². The van der Waals surface area contributed by atoms with E-state index in [0.717, 1.165) is 11.1 Å². The highest BCUT2D eigenvalue weighted by molar-refractivity contribution is 7.80. The Morgan fingerprint density at radius 3 is 1.86 bits per heavy atom. The Balaban J connectivity index is 1.53. The molecule has 0 saturated heterocycles. The van der Waals surface area contributed by atoms with E-state index in [1.165, 1.54) is 24.3 Å². The Bertz CT molecular complexity index is 988. The van der Waals surface area contributed by atoms with Crippen LogP contribution in [0.15, 0.2) is 78.9 Å². The van der Waals surface area contributed by atoms with Crippen LogP contribution in [0.2, 0.25) is 0 Å². The molecule has 28 heavy (non-hydrogen) atoms. The van der Waals surface area contributed by atoms with Crippen molar-refractivity contribution in [3.8, 4) is 16.9 Å². The van der Waals surface area contributed by atoms with Gasteiger partial charge in [0, 0.05) is 11.1 Å². The maximum Gasteiger partial charge on any atom is 0.269 e. The van der Waals surface area contributed by atoms with Crippen molar-refractivity contribution in [1.82, 2.24) is 16.2 Å². The van der Waals surface area contributed by atoms with Gasteiger partial charge in [0.2, 0.25) is 0 Å². The smallest absolute Gasteiger partial charge is 0.269 e. The summed E-state index contributed by atoms with van der Waals surface area (Å²) < 4.78 is 0. The van der Waals surface area contributed by atoms with Gasteiger partial charge >= 0.3 is 0 Å². The number of aromatic hydroxyl groups is 1. The van der Waals surface area contributed by atoms with Crippen molar-refractivity contribution in [2.24, 2.45) is 0 Å². The molecule has 0 radical (unpaired) electrons. The zero-order valence-electron chi connectivity index (χ0n) is 14.7. The number of thiocarbonyl (C=S) groups is 1. The van der Waals surface area contributed by atoms with Gasteiger partial charge in [-0.25, -0.2) is 0 Å². The van der Waals surface area contributed by atoms with E-state index in [9.17, 15) is 14.7 Å². The summed E-state index contributed by atoms with van der Waals surface area (Å²) in [6, 6.07) is 22.7. The number of hydrazine groups is 1. The Morgan fingerprint density at radius 2 is 1.21 bits per heavy atom. The molecule has 4 N–H and O–H groups in total. The summed E-state index contributed by atoms with van der Waals surface area (Å²) in [4.78, 5) is 24.2. The lowest BCUT2D eigenvalue weighted by molar-refractivity contribution is 0.0934. The average Bonchev–Trinajstić information content (AvgIpc) is 2.73. The maximum absolute atomic E-state index is 12.3. The molecule has 140 valence electrons. The normalized spacial score (nSPS) is 10.0. The van der Waals surface area contributed by atoms with Crippen LogP contribution in [0.5, 0.6) is 5.75 Å². The molecule has 0 aliphatic rings. The Kier molecular flexibility index (Phi) is 5.98. The molecule has 2 amide bonds. The topological polar surface area (TPSA) is 90.5 Å². The number of hydrogen-bond acceptors (Lipinski definition) is 4. The minimum Gasteiger partial charge on any atom is -0.508 e. The number of benzene rings is 3. The van der Waals surface area contributed by atoms with Crippen LogP contribution in [-0.2, 0) is 0 Å². The molecule has 0 fully saturated rings. The van der Waals surface area contributed by atoms with Crippen molar-refractivity contribution in [3.63, 3.8) is 0 Å². The standard InChI is InChI=1S/C21H17N3O3S/c25-18-12-10-17(11-13-18)20(27)23-24-21(28)22-19(26)16-8-6-15(7-9-16)14-4-2-1-3-5-14/h1-13,25H,(H,23,27)(H2,22,24,26,28). The number of phenolic OH excluding ortho intramolecular Hbond substituents is 1. The number of hydrogen-bond donors (Lipinski definition) is 4. The summed E-state index contributed by atoms with van der Waals surface area (Å²) in [5.41, 5.74) is 7.68. The second kappa shape index (κ2) is 8.79. The monoisotopic (exact) mass is 391 g/mol. The number of carbonyl (C=O) groups excluding carboxylic acids is 2. The predicted octanol–water partition coefficient (Wildman–Crippen LogP) is 3.01. The van der Waals surface area contributed by atoms with Crippen LogP contribution in [0.1, 0.15) is 20.7 Å². The maximum atomic E-state index is 12.3. The fourth-order valence-electron chi connectivity index (χ4n) is 2.45. The van der Waals surface area contributed by atoms with Gasteiger partial charge in [0.05, 0.1) is 0 Å². The summed E-state index contributed by atoms with van der Waals surface area (Å²) >= 11 is 5.02. The highest BCUT2D eigenvalue weighted by Crippen LogP contribution is 2.19. The van der Waals surface area contributed by atoms with Crippen LogP contribution >= 0.6 is 12.2 Å². The molecule has 0 saturated carbocycles. The summed E-state index contributed by atoms with van der Waals surface area (Å²) in [6.45, 7) is 0. The fraction of sp³-hybridized carbons (Fsp3) is 0. The van der Waals surface area contributed by atoms with Crippen LogP contribution in [0.25, 0.3) is 11.1 Å². The molecular formula is C21H17N3O3S. The first-order valence-corrected chi connectivity index (χ1v) is 8.80. The molecule has 0 bridgehead atoms. The molecule has 0 aliphatic heterocycles. The second-order valence-electron chi connectivity index (χ2n) is 5.85. The zero-order chi connectivity index (χ0) is 19.9. The highest BCUT2D eigenvalue weighted by atomic mass is 32.1. The molecule has 0 atom stereocenters. The number of nitrogens with one attached hydrogen (secondary N) is 3. The minimum atomic E-state index is -0.455. The van der Waals surface area contributed by atoms with E-state index >= 15 is 0 Å². The molecule has 3 rings (SSSR count). The lowest BCUT2D eigenvalue weighted by Gasteiger charge is -2.11. The largest absolute Gasteiger partial charge is 0.508 e. The number of carbonyl (C=O) groups is 2. The lowest BCUT2D eigenvalue weighted by atomic mass is 10.0. The van der Waals surface area contributed by atoms with Gasteiger partial charge in [0.1, 0.15) is 5.75 Å². The number of phenols is 1. The van der Waals surface area contributed by atoms with Crippen molar-refractivity contribution in [2.75, 3.05) is 0 Å². The SMILES string of the molecule is O=C(NNC(=S)NC(=O)c1ccc(-c2ccccc2)cc1)c1ccc(O)cc1. The third kappa shape index (κ3) is 4.93. The van der Waals surface area contributed by atoms with Crippen molar-refractivity contribution >= 4 is 29.1 Å². The molecule has 0 spiro atoms. The number of rotatable bonds is 3. The molecule has 7 heteroatoms. The van der Waals surface area contributed by atoms with E-state index in [1.54, 1.807) is 12.1 Å². The fourth-order valence-corrected chi connectivity index (χ4v) is 2.59. The van der Waals surface area contributed by atoms with Crippen molar-refractivity contribution in [3.05, 3.63) is 90.0 Å². The van der Waals surface area contributed by atoms with Crippen molar-refractivity contribution in [1.29, 1.82) is 0 Å². The van der Waals surface area contributed by atoms with E-state index in [4.69, 9.17) is 12.2 Å². The Labute approximate surface area is 167 Å². The van der Waals surface area contributed by atoms with Crippen LogP contribution in [-0.4, -0.2) is 22.0 Å². The van der Waals surface area contributed by atoms with E-state index in [-0.39, 0.29) is 10.9 Å². The predicted molar refractivity (Wildman–Crippen MR) is 111 cm³/mol. The summed E-state index contributed by atoms with van der Waals surface area (Å²) in [7, 11) is 0. The second-order valence-corrected chi connectivity index (χ2v) is 6.26. The molecule has 0 aliphatic carbocycles. The van der Waals surface area contributed by atoms with Gasteiger partial charge in [-0.15, -0.1) is 0 Å². The van der Waals surface area contributed by atoms with E-state index < -0.39 is 11.8 Å². The molecule has 0 aromatic heterocycles. The lowest BCUT2D eigenvalue weighted by Crippen LogP contribution is -2.48. The Morgan fingerprint density at radius 1 is 0.679 bits per heavy atom. The quantitative estimate of drug-likeness (QED) is 0.407. The van der Waals surface area contributed by atoms with Gasteiger partial charge in [-0.2, -0.15) is 0 Å². The van der Waals surface area contributed by atoms with Crippen molar-refractivity contribution < 1.29 is 14.7 Å². The van der Waals surface area contributed by atoms with Gasteiger partial charge in [0.25, 0.3) is 11.8 Å².